The summed E-state index contributed by atoms with van der Waals surface area (Å²) in [5, 5.41) is 0. The van der Waals surface area contributed by atoms with Crippen LogP contribution in [0.1, 0.15) is 187 Å². The van der Waals surface area contributed by atoms with Gasteiger partial charge in [0.15, 0.2) is 6.10 Å². The van der Waals surface area contributed by atoms with E-state index in [1.807, 2.05) is 0 Å². The molecule has 0 aromatic heterocycles. The second kappa shape index (κ2) is 38.9. The van der Waals surface area contributed by atoms with E-state index >= 15 is 0 Å². The number of nitrogens with two attached hydrogens (primary N) is 1. The number of carbonyl (C=O) groups excluding carboxylic acids is 2. The smallest absolute Gasteiger partial charge is 0.462 e. The average molecular weight is 756 g/mol. The lowest BCUT2D eigenvalue weighted by Crippen LogP contribution is -2.29. The molecule has 2 atom stereocenters. The molecule has 0 saturated carbocycles. The maximum absolute atomic E-state index is 12.5. The van der Waals surface area contributed by atoms with E-state index in [0.29, 0.717) is 6.42 Å². The van der Waals surface area contributed by atoms with Crippen molar-refractivity contribution in [1.82, 2.24) is 0 Å². The summed E-state index contributed by atoms with van der Waals surface area (Å²) in [5.41, 5.74) is 5.32. The van der Waals surface area contributed by atoms with Crippen LogP contribution >= 0.6 is 7.82 Å². The Morgan fingerprint density at radius 2 is 1.00 bits per heavy atom. The lowest BCUT2D eigenvalue weighted by atomic mass is 10.0. The van der Waals surface area contributed by atoms with Crippen molar-refractivity contribution >= 4 is 19.8 Å². The van der Waals surface area contributed by atoms with Crippen LogP contribution in [0.15, 0.2) is 36.5 Å². The van der Waals surface area contributed by atoms with Crippen molar-refractivity contribution in [3.05, 3.63) is 36.5 Å². The monoisotopic (exact) mass is 756 g/mol. The third kappa shape index (κ3) is 38.0. The first-order valence-corrected chi connectivity index (χ1v) is 22.5. The van der Waals surface area contributed by atoms with Gasteiger partial charge in [-0.1, -0.05) is 159 Å². The van der Waals surface area contributed by atoms with Crippen LogP contribution in [0.4, 0.5) is 0 Å². The molecule has 0 radical (unpaired) electrons. The molecule has 0 aromatic carbocycles. The molecule has 3 N–H and O–H groups in total. The lowest BCUT2D eigenvalue weighted by Gasteiger charge is -2.19. The first-order valence-electron chi connectivity index (χ1n) is 21.0. The largest absolute Gasteiger partial charge is 0.472 e. The summed E-state index contributed by atoms with van der Waals surface area (Å²) >= 11 is 0. The van der Waals surface area contributed by atoms with Crippen LogP contribution in [0.25, 0.3) is 0 Å². The van der Waals surface area contributed by atoms with Crippen molar-refractivity contribution < 1.29 is 37.6 Å². The number of phosphoric acid groups is 1. The maximum Gasteiger partial charge on any atom is 0.472 e. The molecular weight excluding hydrogens is 677 g/mol. The van der Waals surface area contributed by atoms with Gasteiger partial charge in [0.05, 0.1) is 13.2 Å². The molecule has 10 heteroatoms. The molecule has 304 valence electrons. The minimum Gasteiger partial charge on any atom is -0.462 e. The van der Waals surface area contributed by atoms with Gasteiger partial charge in [-0.2, -0.15) is 0 Å². The highest BCUT2D eigenvalue weighted by Crippen LogP contribution is 2.43. The van der Waals surface area contributed by atoms with Gasteiger partial charge >= 0.3 is 19.8 Å². The molecule has 2 unspecified atom stereocenters. The quantitative estimate of drug-likeness (QED) is 0.0272. The Morgan fingerprint density at radius 1 is 0.577 bits per heavy atom. The number of hydrogen-bond donors (Lipinski definition) is 2. The van der Waals surface area contributed by atoms with Crippen LogP contribution < -0.4 is 5.73 Å². The number of esters is 2. The number of allylic oxidation sites excluding steroid dienone is 6. The molecule has 0 heterocycles. The van der Waals surface area contributed by atoms with Crippen molar-refractivity contribution in [1.29, 1.82) is 0 Å². The predicted octanol–water partition coefficient (Wildman–Crippen LogP) is 11.8. The lowest BCUT2D eigenvalue weighted by molar-refractivity contribution is -0.161. The van der Waals surface area contributed by atoms with E-state index in [4.69, 9.17) is 24.3 Å². The summed E-state index contributed by atoms with van der Waals surface area (Å²) in [5.74, 6) is -0.842. The zero-order valence-electron chi connectivity index (χ0n) is 33.3. The van der Waals surface area contributed by atoms with Gasteiger partial charge in [-0.3, -0.25) is 18.6 Å². The number of carbonyl (C=O) groups is 2. The van der Waals surface area contributed by atoms with Crippen molar-refractivity contribution in [2.75, 3.05) is 26.4 Å². The SMILES string of the molecule is CCCCCCC/C=C\C/C=C\C/C=C\CCCCCCCCCCCCC(=O)OC(COC(=O)CCCCCCCC)COP(=O)(O)OCCN. The van der Waals surface area contributed by atoms with Crippen LogP contribution in [0.3, 0.4) is 0 Å². The predicted molar refractivity (Wildman–Crippen MR) is 215 cm³/mol. The normalized spacial score (nSPS) is 13.7. The molecule has 0 amide bonds. The summed E-state index contributed by atoms with van der Waals surface area (Å²) in [6.07, 6.45) is 42.1. The van der Waals surface area contributed by atoms with Gasteiger partial charge in [-0.25, -0.2) is 4.57 Å². The molecule has 52 heavy (non-hydrogen) atoms. The highest BCUT2D eigenvalue weighted by atomic mass is 31.2. The minimum absolute atomic E-state index is 0.0528. The standard InChI is InChI=1S/C42H78NO8P/c1-3-5-7-9-11-12-13-14-15-16-17-18-19-20-21-22-23-24-25-26-27-28-29-31-33-35-42(45)51-40(39-50-52(46,47)49-37-36-43)38-48-41(44)34-32-30-10-8-6-4-2/h13-14,16-17,19-20,40H,3-12,15,18,21-39,43H2,1-2H3,(H,46,47)/b14-13-,17-16-,20-19-. The third-order valence-electron chi connectivity index (χ3n) is 8.78. The van der Waals surface area contributed by atoms with E-state index in [2.05, 4.69) is 50.3 Å². The van der Waals surface area contributed by atoms with Gasteiger partial charge in [0, 0.05) is 19.4 Å². The van der Waals surface area contributed by atoms with Crippen LogP contribution in [-0.4, -0.2) is 49.3 Å². The fourth-order valence-electron chi connectivity index (χ4n) is 5.64. The highest BCUT2D eigenvalue weighted by molar-refractivity contribution is 7.47. The third-order valence-corrected chi connectivity index (χ3v) is 9.76. The summed E-state index contributed by atoms with van der Waals surface area (Å²) < 4.78 is 32.5. The Morgan fingerprint density at radius 3 is 1.48 bits per heavy atom. The van der Waals surface area contributed by atoms with Crippen LogP contribution in [0, 0.1) is 0 Å². The molecule has 9 nitrogen and oxygen atoms in total. The topological polar surface area (TPSA) is 134 Å². The Kier molecular flexibility index (Phi) is 37.6. The first-order chi connectivity index (χ1) is 25.3. The fraction of sp³-hybridized carbons (Fsp3) is 0.810. The number of hydrogen-bond acceptors (Lipinski definition) is 8. The molecule has 0 rings (SSSR count). The van der Waals surface area contributed by atoms with E-state index in [1.54, 1.807) is 0 Å². The minimum atomic E-state index is -4.36. The van der Waals surface area contributed by atoms with Crippen LogP contribution in [0.5, 0.6) is 0 Å². The van der Waals surface area contributed by atoms with Crippen molar-refractivity contribution in [2.45, 2.75) is 193 Å². The van der Waals surface area contributed by atoms with E-state index in [0.717, 1.165) is 64.2 Å². The van der Waals surface area contributed by atoms with Gasteiger partial charge < -0.3 is 20.1 Å². The van der Waals surface area contributed by atoms with Crippen LogP contribution in [-0.2, 0) is 32.7 Å². The van der Waals surface area contributed by atoms with E-state index in [9.17, 15) is 19.0 Å². The fourth-order valence-corrected chi connectivity index (χ4v) is 6.41. The Labute approximate surface area is 318 Å². The molecule has 0 spiro atoms. The van der Waals surface area contributed by atoms with Crippen molar-refractivity contribution in [3.8, 4) is 0 Å². The van der Waals surface area contributed by atoms with Gasteiger partial charge in [0.25, 0.3) is 0 Å². The average Bonchev–Trinajstić information content (AvgIpc) is 3.13. The molecule has 0 fully saturated rings. The number of phosphoric ester groups is 1. The Hall–Kier alpha value is -1.77. The summed E-state index contributed by atoms with van der Waals surface area (Å²) in [6, 6.07) is 0. The molecule has 0 saturated heterocycles. The van der Waals surface area contributed by atoms with Crippen molar-refractivity contribution in [3.63, 3.8) is 0 Å². The van der Waals surface area contributed by atoms with Gasteiger partial charge in [0.1, 0.15) is 6.61 Å². The van der Waals surface area contributed by atoms with Crippen molar-refractivity contribution in [2.24, 2.45) is 5.73 Å². The molecule has 0 aliphatic heterocycles. The van der Waals surface area contributed by atoms with Gasteiger partial charge in [-0.05, 0) is 51.4 Å². The van der Waals surface area contributed by atoms with Gasteiger partial charge in [0.2, 0.25) is 0 Å². The van der Waals surface area contributed by atoms with E-state index < -0.39 is 32.5 Å². The molecule has 0 aromatic rings. The molecular formula is C42H78NO8P. The number of unbranched alkanes of at least 4 members (excludes halogenated alkanes) is 20. The van der Waals surface area contributed by atoms with E-state index in [-0.39, 0.29) is 32.6 Å². The summed E-state index contributed by atoms with van der Waals surface area (Å²) in [6.45, 7) is 3.64. The Balaban J connectivity index is 3.97. The van der Waals surface area contributed by atoms with Crippen LogP contribution in [0.2, 0.25) is 0 Å². The summed E-state index contributed by atoms with van der Waals surface area (Å²) in [4.78, 5) is 34.5. The molecule has 0 aliphatic carbocycles. The molecule has 0 aliphatic rings. The second-order valence-electron chi connectivity index (χ2n) is 13.9. The Bertz CT molecular complexity index is 954. The van der Waals surface area contributed by atoms with E-state index in [1.165, 1.54) is 89.9 Å². The zero-order valence-corrected chi connectivity index (χ0v) is 34.2. The van der Waals surface area contributed by atoms with Gasteiger partial charge in [-0.15, -0.1) is 0 Å². The second-order valence-corrected chi connectivity index (χ2v) is 15.3. The summed E-state index contributed by atoms with van der Waals surface area (Å²) in [7, 11) is -4.36. The zero-order chi connectivity index (χ0) is 38.2. The molecule has 0 bridgehead atoms. The number of rotatable bonds is 39. The highest BCUT2D eigenvalue weighted by Gasteiger charge is 2.26. The maximum atomic E-state index is 12.5. The number of ether oxygens (including phenoxy) is 2. The first kappa shape index (κ1) is 50.2.